The van der Waals surface area contributed by atoms with Gasteiger partial charge >= 0.3 is 6.36 Å². The van der Waals surface area contributed by atoms with Gasteiger partial charge in [-0.1, -0.05) is 31.4 Å². The number of hydrogen-bond donors (Lipinski definition) is 1. The highest BCUT2D eigenvalue weighted by Gasteiger charge is 2.33. The van der Waals surface area contributed by atoms with Gasteiger partial charge in [-0.25, -0.2) is 8.42 Å². The van der Waals surface area contributed by atoms with Crippen LogP contribution in [0.3, 0.4) is 0 Å². The molecule has 8 heteroatoms. The molecule has 1 saturated carbocycles. The van der Waals surface area contributed by atoms with Crippen molar-refractivity contribution in [2.24, 2.45) is 5.92 Å². The first-order valence-electron chi connectivity index (χ1n) is 8.02. The average molecular weight is 378 g/mol. The van der Waals surface area contributed by atoms with Gasteiger partial charge in [0, 0.05) is 6.26 Å². The van der Waals surface area contributed by atoms with Gasteiger partial charge in [-0.3, -0.25) is 0 Å². The summed E-state index contributed by atoms with van der Waals surface area (Å²) in [5, 5.41) is 9.61. The molecule has 0 heterocycles. The summed E-state index contributed by atoms with van der Waals surface area (Å²) in [7, 11) is -3.89. The number of alkyl halides is 3. The number of rotatable bonds is 5. The molecule has 0 bridgehead atoms. The molecule has 1 aromatic rings. The van der Waals surface area contributed by atoms with Gasteiger partial charge < -0.3 is 9.84 Å². The molecule has 1 aliphatic rings. The number of allylic oxidation sites excluding steroid dienone is 1. The summed E-state index contributed by atoms with van der Waals surface area (Å²) in [6.07, 6.45) is 2.93. The number of ether oxygens (including phenoxy) is 1. The third kappa shape index (κ3) is 5.74. The number of aliphatic hydroxyl groups excluding tert-OH is 1. The van der Waals surface area contributed by atoms with E-state index in [9.17, 15) is 26.7 Å². The standard InChI is InChI=1S/C17H21F3O4S/c1-25(22,23)16-8-7-13(10-15(16)24-17(18,19)20)14(11-21)9-12-5-3-2-4-6-12/h7-10,12,21H,2-6,11H2,1H3/b14-9-. The van der Waals surface area contributed by atoms with E-state index in [4.69, 9.17) is 0 Å². The van der Waals surface area contributed by atoms with E-state index in [-0.39, 0.29) is 12.5 Å². The Balaban J connectivity index is 2.43. The highest BCUT2D eigenvalue weighted by molar-refractivity contribution is 7.90. The Morgan fingerprint density at radius 2 is 1.92 bits per heavy atom. The number of aliphatic hydroxyl groups is 1. The third-order valence-corrected chi connectivity index (χ3v) is 5.33. The predicted molar refractivity (Wildman–Crippen MR) is 87.9 cm³/mol. The SMILES string of the molecule is CS(=O)(=O)c1ccc(/C(=C\C2CCCCC2)CO)cc1OC(F)(F)F. The predicted octanol–water partition coefficient (Wildman–Crippen LogP) is 3.94. The first-order valence-corrected chi connectivity index (χ1v) is 9.91. The van der Waals surface area contributed by atoms with Gasteiger partial charge in [-0.2, -0.15) is 0 Å². The Kier molecular flexibility index (Phi) is 6.16. The minimum Gasteiger partial charge on any atom is -0.404 e. The Morgan fingerprint density at radius 1 is 1.28 bits per heavy atom. The molecule has 1 aromatic carbocycles. The van der Waals surface area contributed by atoms with Crippen LogP contribution in [0, 0.1) is 5.92 Å². The van der Waals surface area contributed by atoms with Crippen molar-refractivity contribution in [3.05, 3.63) is 29.8 Å². The average Bonchev–Trinajstić information content (AvgIpc) is 2.51. The van der Waals surface area contributed by atoms with Gasteiger partial charge in [0.25, 0.3) is 0 Å². The second-order valence-corrected chi connectivity index (χ2v) is 8.21. The molecular weight excluding hydrogens is 357 g/mol. The van der Waals surface area contributed by atoms with Crippen LogP contribution in [0.5, 0.6) is 5.75 Å². The molecule has 0 saturated heterocycles. The molecule has 25 heavy (non-hydrogen) atoms. The van der Waals surface area contributed by atoms with Crippen molar-refractivity contribution >= 4 is 15.4 Å². The Hall–Kier alpha value is -1.54. The summed E-state index contributed by atoms with van der Waals surface area (Å²) in [6.45, 7) is -0.347. The number of benzene rings is 1. The van der Waals surface area contributed by atoms with Crippen molar-refractivity contribution in [1.82, 2.24) is 0 Å². The van der Waals surface area contributed by atoms with Crippen LogP contribution >= 0.6 is 0 Å². The smallest absolute Gasteiger partial charge is 0.404 e. The topological polar surface area (TPSA) is 63.6 Å². The van der Waals surface area contributed by atoms with Crippen molar-refractivity contribution < 1.29 is 31.4 Å². The Morgan fingerprint density at radius 3 is 2.44 bits per heavy atom. The van der Waals surface area contributed by atoms with Crippen molar-refractivity contribution in [2.75, 3.05) is 12.9 Å². The number of halogens is 3. The summed E-state index contributed by atoms with van der Waals surface area (Å²) < 4.78 is 65.1. The molecule has 0 amide bonds. The summed E-state index contributed by atoms with van der Waals surface area (Å²) in [5.74, 6) is -0.520. The minimum atomic E-state index is -5.01. The zero-order chi connectivity index (χ0) is 18.7. The van der Waals surface area contributed by atoms with Crippen molar-refractivity contribution in [3.8, 4) is 5.75 Å². The molecule has 0 atom stereocenters. The van der Waals surface area contributed by atoms with Crippen LogP contribution in [0.2, 0.25) is 0 Å². The fourth-order valence-corrected chi connectivity index (χ4v) is 3.83. The van der Waals surface area contributed by atoms with Crippen LogP contribution in [0.4, 0.5) is 13.2 Å². The van der Waals surface area contributed by atoms with E-state index >= 15 is 0 Å². The van der Waals surface area contributed by atoms with E-state index in [0.29, 0.717) is 11.1 Å². The van der Waals surface area contributed by atoms with Crippen molar-refractivity contribution in [2.45, 2.75) is 43.4 Å². The lowest BCUT2D eigenvalue weighted by molar-refractivity contribution is -0.275. The first-order chi connectivity index (χ1) is 11.6. The summed E-state index contributed by atoms with van der Waals surface area (Å²) in [5.41, 5.74) is 0.790. The lowest BCUT2D eigenvalue weighted by Gasteiger charge is -2.20. The zero-order valence-electron chi connectivity index (χ0n) is 13.8. The van der Waals surface area contributed by atoms with Crippen LogP contribution in [-0.4, -0.2) is 32.7 Å². The molecule has 0 radical (unpaired) electrons. The largest absolute Gasteiger partial charge is 0.573 e. The van der Waals surface area contributed by atoms with Crippen LogP contribution in [-0.2, 0) is 9.84 Å². The van der Waals surface area contributed by atoms with Gasteiger partial charge in [0.05, 0.1) is 6.61 Å². The van der Waals surface area contributed by atoms with Crippen molar-refractivity contribution in [1.29, 1.82) is 0 Å². The van der Waals surface area contributed by atoms with Gasteiger partial charge in [0.2, 0.25) is 0 Å². The van der Waals surface area contributed by atoms with Gasteiger partial charge in [0.1, 0.15) is 10.6 Å². The third-order valence-electron chi connectivity index (χ3n) is 4.20. The quantitative estimate of drug-likeness (QED) is 0.843. The fourth-order valence-electron chi connectivity index (χ4n) is 3.04. The molecule has 140 valence electrons. The maximum absolute atomic E-state index is 12.6. The molecule has 0 spiro atoms. The lowest BCUT2D eigenvalue weighted by Crippen LogP contribution is -2.19. The Bertz CT molecular complexity index is 733. The highest BCUT2D eigenvalue weighted by atomic mass is 32.2. The molecule has 1 fully saturated rings. The van der Waals surface area contributed by atoms with Crippen LogP contribution in [0.25, 0.3) is 5.57 Å². The molecule has 0 aromatic heterocycles. The molecule has 0 unspecified atom stereocenters. The van der Waals surface area contributed by atoms with Crippen LogP contribution in [0.1, 0.15) is 37.7 Å². The highest BCUT2D eigenvalue weighted by Crippen LogP contribution is 2.34. The lowest BCUT2D eigenvalue weighted by atomic mass is 9.87. The van der Waals surface area contributed by atoms with E-state index in [1.165, 1.54) is 6.07 Å². The van der Waals surface area contributed by atoms with Crippen molar-refractivity contribution in [3.63, 3.8) is 0 Å². The Labute approximate surface area is 145 Å². The summed E-state index contributed by atoms with van der Waals surface area (Å²) >= 11 is 0. The van der Waals surface area contributed by atoms with Crippen LogP contribution < -0.4 is 4.74 Å². The van der Waals surface area contributed by atoms with Gasteiger partial charge in [0.15, 0.2) is 9.84 Å². The number of hydrogen-bond acceptors (Lipinski definition) is 4. The summed E-state index contributed by atoms with van der Waals surface area (Å²) in [4.78, 5) is -0.538. The maximum atomic E-state index is 12.6. The fraction of sp³-hybridized carbons (Fsp3) is 0.529. The normalized spacial score (nSPS) is 17.6. The zero-order valence-corrected chi connectivity index (χ0v) is 14.7. The van der Waals surface area contributed by atoms with Gasteiger partial charge in [-0.05, 0) is 42.0 Å². The first kappa shape index (κ1) is 19.8. The molecule has 4 nitrogen and oxygen atoms in total. The van der Waals surface area contributed by atoms with E-state index in [1.54, 1.807) is 0 Å². The minimum absolute atomic E-state index is 0.262. The second kappa shape index (κ2) is 7.78. The number of sulfone groups is 1. The van der Waals surface area contributed by atoms with E-state index in [2.05, 4.69) is 4.74 Å². The molecule has 1 aliphatic carbocycles. The molecule has 2 rings (SSSR count). The van der Waals surface area contributed by atoms with E-state index in [1.807, 2.05) is 6.08 Å². The molecule has 0 aliphatic heterocycles. The maximum Gasteiger partial charge on any atom is 0.573 e. The van der Waals surface area contributed by atoms with E-state index in [0.717, 1.165) is 50.5 Å². The van der Waals surface area contributed by atoms with Crippen LogP contribution in [0.15, 0.2) is 29.2 Å². The molecule has 1 N–H and O–H groups in total. The summed E-state index contributed by atoms with van der Waals surface area (Å²) in [6, 6.07) is 3.50. The monoisotopic (exact) mass is 378 g/mol. The van der Waals surface area contributed by atoms with Gasteiger partial charge in [-0.15, -0.1) is 13.2 Å². The second-order valence-electron chi connectivity index (χ2n) is 6.23. The van der Waals surface area contributed by atoms with E-state index < -0.39 is 26.8 Å². The molecular formula is C17H21F3O4S.